The zero-order valence-electron chi connectivity index (χ0n) is 11.1. The van der Waals surface area contributed by atoms with E-state index in [0.717, 1.165) is 23.4 Å². The van der Waals surface area contributed by atoms with Crippen molar-refractivity contribution in [2.45, 2.75) is 25.3 Å². The van der Waals surface area contributed by atoms with Crippen molar-refractivity contribution in [1.82, 2.24) is 10.9 Å². The highest BCUT2D eigenvalue weighted by molar-refractivity contribution is 5.94. The molecule has 3 rings (SSSR count). The standard InChI is InChI=1S/C15H17N3O2/c19-11-6-5-10(9-11)17-13-4-2-1-3-12(13)15-14(20)7-8-16-18-15/h1-4,9,15-18H,5-8H2. The van der Waals surface area contributed by atoms with Crippen LogP contribution in [-0.4, -0.2) is 18.1 Å². The maximum atomic E-state index is 12.0. The Bertz CT molecular complexity index is 580. The van der Waals surface area contributed by atoms with Crippen LogP contribution in [0.25, 0.3) is 0 Å². The number of rotatable bonds is 3. The number of carbonyl (C=O) groups excluding carboxylic acids is 2. The third-order valence-corrected chi connectivity index (χ3v) is 3.61. The van der Waals surface area contributed by atoms with Gasteiger partial charge in [-0.15, -0.1) is 0 Å². The number of ketones is 2. The van der Waals surface area contributed by atoms with Gasteiger partial charge < -0.3 is 5.32 Å². The lowest BCUT2D eigenvalue weighted by Crippen LogP contribution is -2.46. The Labute approximate surface area is 117 Å². The SMILES string of the molecule is O=C1C=C(Nc2ccccc2C2NNCCC2=O)CC1. The molecule has 1 heterocycles. The Kier molecular flexibility index (Phi) is 3.62. The minimum Gasteiger partial charge on any atom is -0.358 e. The molecule has 0 radical (unpaired) electrons. The van der Waals surface area contributed by atoms with Crippen LogP contribution in [0.4, 0.5) is 5.69 Å². The highest BCUT2D eigenvalue weighted by atomic mass is 16.1. The lowest BCUT2D eigenvalue weighted by atomic mass is 9.98. The van der Waals surface area contributed by atoms with Crippen LogP contribution in [0.1, 0.15) is 30.9 Å². The average molecular weight is 271 g/mol. The molecular weight excluding hydrogens is 254 g/mol. The van der Waals surface area contributed by atoms with Gasteiger partial charge in [-0.2, -0.15) is 0 Å². The van der Waals surface area contributed by atoms with Gasteiger partial charge in [0.15, 0.2) is 11.6 Å². The van der Waals surface area contributed by atoms with E-state index in [1.807, 2.05) is 24.3 Å². The summed E-state index contributed by atoms with van der Waals surface area (Å²) in [6.45, 7) is 0.657. The monoisotopic (exact) mass is 271 g/mol. The number of carbonyl (C=O) groups is 2. The summed E-state index contributed by atoms with van der Waals surface area (Å²) in [6.07, 6.45) is 3.46. The number of Topliss-reactive ketones (excluding diaryl/α,β-unsaturated/α-hetero) is 1. The van der Waals surface area contributed by atoms with Crippen LogP contribution >= 0.6 is 0 Å². The summed E-state index contributed by atoms with van der Waals surface area (Å²) in [4.78, 5) is 23.3. The third-order valence-electron chi connectivity index (χ3n) is 3.61. The van der Waals surface area contributed by atoms with E-state index in [4.69, 9.17) is 0 Å². The smallest absolute Gasteiger partial charge is 0.157 e. The average Bonchev–Trinajstić information content (AvgIpc) is 2.86. The van der Waals surface area contributed by atoms with E-state index in [1.165, 1.54) is 0 Å². The number of benzene rings is 1. The van der Waals surface area contributed by atoms with Gasteiger partial charge in [0.2, 0.25) is 0 Å². The van der Waals surface area contributed by atoms with Gasteiger partial charge in [-0.25, -0.2) is 5.43 Å². The van der Waals surface area contributed by atoms with Crippen LogP contribution in [0, 0.1) is 0 Å². The molecule has 1 aliphatic carbocycles. The predicted molar refractivity (Wildman–Crippen MR) is 75.9 cm³/mol. The highest BCUT2D eigenvalue weighted by Crippen LogP contribution is 2.28. The van der Waals surface area contributed by atoms with Gasteiger partial charge in [0.05, 0.1) is 0 Å². The summed E-state index contributed by atoms with van der Waals surface area (Å²) in [5.74, 6) is 0.327. The molecule has 0 amide bonds. The normalized spacial score (nSPS) is 22.8. The van der Waals surface area contributed by atoms with Crippen LogP contribution in [0.2, 0.25) is 0 Å². The fraction of sp³-hybridized carbons (Fsp3) is 0.333. The van der Waals surface area contributed by atoms with Gasteiger partial charge in [0, 0.05) is 42.4 Å². The van der Waals surface area contributed by atoms with E-state index in [0.29, 0.717) is 19.4 Å². The molecule has 2 aliphatic rings. The molecule has 1 aromatic carbocycles. The molecule has 0 bridgehead atoms. The number of para-hydroxylation sites is 1. The van der Waals surface area contributed by atoms with Crippen LogP contribution < -0.4 is 16.2 Å². The van der Waals surface area contributed by atoms with Crippen molar-refractivity contribution < 1.29 is 9.59 Å². The molecule has 0 aromatic heterocycles. The molecule has 1 atom stereocenters. The fourth-order valence-corrected chi connectivity index (χ4v) is 2.57. The lowest BCUT2D eigenvalue weighted by molar-refractivity contribution is -0.122. The Balaban J connectivity index is 1.86. The van der Waals surface area contributed by atoms with Crippen molar-refractivity contribution in [3.63, 3.8) is 0 Å². The largest absolute Gasteiger partial charge is 0.358 e. The van der Waals surface area contributed by atoms with Crippen LogP contribution in [0.15, 0.2) is 36.0 Å². The molecule has 3 N–H and O–H groups in total. The minimum absolute atomic E-state index is 0.151. The number of hydrazine groups is 1. The minimum atomic E-state index is -0.342. The van der Waals surface area contributed by atoms with E-state index in [9.17, 15) is 9.59 Å². The van der Waals surface area contributed by atoms with Crippen molar-refractivity contribution >= 4 is 17.3 Å². The van der Waals surface area contributed by atoms with Crippen molar-refractivity contribution in [1.29, 1.82) is 0 Å². The van der Waals surface area contributed by atoms with Gasteiger partial charge in [-0.3, -0.25) is 15.0 Å². The highest BCUT2D eigenvalue weighted by Gasteiger charge is 2.25. The zero-order chi connectivity index (χ0) is 13.9. The van der Waals surface area contributed by atoms with Crippen molar-refractivity contribution in [3.8, 4) is 0 Å². The Morgan fingerprint density at radius 3 is 2.70 bits per heavy atom. The first-order valence-corrected chi connectivity index (χ1v) is 6.84. The second kappa shape index (κ2) is 5.56. The summed E-state index contributed by atoms with van der Waals surface area (Å²) in [5.41, 5.74) is 8.76. The predicted octanol–water partition coefficient (Wildman–Crippen LogP) is 1.45. The van der Waals surface area contributed by atoms with Crippen molar-refractivity contribution in [2.75, 3.05) is 11.9 Å². The molecule has 1 aromatic rings. The zero-order valence-corrected chi connectivity index (χ0v) is 11.1. The van der Waals surface area contributed by atoms with Crippen molar-refractivity contribution in [2.24, 2.45) is 0 Å². The number of hydrogen-bond acceptors (Lipinski definition) is 5. The van der Waals surface area contributed by atoms with E-state index in [1.54, 1.807) is 6.08 Å². The van der Waals surface area contributed by atoms with Crippen LogP contribution in [0.5, 0.6) is 0 Å². The number of anilines is 1. The Hall–Kier alpha value is -1.98. The van der Waals surface area contributed by atoms with E-state index in [-0.39, 0.29) is 17.6 Å². The van der Waals surface area contributed by atoms with Gasteiger partial charge in [0.1, 0.15) is 6.04 Å². The molecule has 5 heteroatoms. The quantitative estimate of drug-likeness (QED) is 0.776. The molecule has 1 aliphatic heterocycles. The summed E-state index contributed by atoms with van der Waals surface area (Å²) < 4.78 is 0. The topological polar surface area (TPSA) is 70.2 Å². The Morgan fingerprint density at radius 1 is 1.10 bits per heavy atom. The van der Waals surface area contributed by atoms with E-state index >= 15 is 0 Å². The number of allylic oxidation sites excluding steroid dienone is 2. The van der Waals surface area contributed by atoms with Gasteiger partial charge >= 0.3 is 0 Å². The van der Waals surface area contributed by atoms with Crippen LogP contribution in [0.3, 0.4) is 0 Å². The number of hydrogen-bond donors (Lipinski definition) is 3. The Morgan fingerprint density at radius 2 is 1.95 bits per heavy atom. The van der Waals surface area contributed by atoms with E-state index in [2.05, 4.69) is 16.2 Å². The number of nitrogens with one attached hydrogen (secondary N) is 3. The first kappa shape index (κ1) is 13.0. The van der Waals surface area contributed by atoms with Crippen LogP contribution in [-0.2, 0) is 9.59 Å². The first-order valence-electron chi connectivity index (χ1n) is 6.84. The third kappa shape index (κ3) is 2.64. The maximum Gasteiger partial charge on any atom is 0.157 e. The molecule has 104 valence electrons. The first-order chi connectivity index (χ1) is 9.74. The molecule has 0 saturated carbocycles. The van der Waals surface area contributed by atoms with E-state index < -0.39 is 0 Å². The summed E-state index contributed by atoms with van der Waals surface area (Å²) in [6, 6.07) is 7.36. The lowest BCUT2D eigenvalue weighted by Gasteiger charge is -2.25. The van der Waals surface area contributed by atoms with Gasteiger partial charge in [-0.1, -0.05) is 18.2 Å². The molecule has 1 unspecified atom stereocenters. The molecule has 1 saturated heterocycles. The summed E-state index contributed by atoms with van der Waals surface area (Å²) >= 11 is 0. The maximum absolute atomic E-state index is 12.0. The molecule has 20 heavy (non-hydrogen) atoms. The second-order valence-corrected chi connectivity index (χ2v) is 5.07. The molecular formula is C15H17N3O2. The van der Waals surface area contributed by atoms with Crippen molar-refractivity contribution in [3.05, 3.63) is 41.6 Å². The molecule has 0 spiro atoms. The molecule has 1 fully saturated rings. The summed E-state index contributed by atoms with van der Waals surface area (Å²) in [7, 11) is 0. The van der Waals surface area contributed by atoms with Gasteiger partial charge in [0.25, 0.3) is 0 Å². The molecule has 5 nitrogen and oxygen atoms in total. The van der Waals surface area contributed by atoms with Gasteiger partial charge in [-0.05, 0) is 12.5 Å². The fourth-order valence-electron chi connectivity index (χ4n) is 2.57. The second-order valence-electron chi connectivity index (χ2n) is 5.07. The summed E-state index contributed by atoms with van der Waals surface area (Å²) in [5, 5.41) is 3.28.